The van der Waals surface area contributed by atoms with Crippen LogP contribution in [-0.2, 0) is 0 Å². The molecular weight excluding hydrogens is 485 g/mol. The van der Waals surface area contributed by atoms with Crippen LogP contribution in [0.3, 0.4) is 0 Å². The minimum absolute atomic E-state index is 0.0860. The second-order valence-electron chi connectivity index (χ2n) is 5.63. The van der Waals surface area contributed by atoms with Crippen LogP contribution in [0.25, 0.3) is 10.9 Å². The lowest BCUT2D eigenvalue weighted by Crippen LogP contribution is -2.30. The van der Waals surface area contributed by atoms with Crippen molar-refractivity contribution >= 4 is 62.7 Å². The fraction of sp³-hybridized carbons (Fsp3) is 0.111. The highest BCUT2D eigenvalue weighted by Crippen LogP contribution is 2.42. The predicted molar refractivity (Wildman–Crippen MR) is 108 cm³/mol. The molecule has 2 heterocycles. The molecule has 136 valence electrons. The zero-order valence-electron chi connectivity index (χ0n) is 14.1. The van der Waals surface area contributed by atoms with Gasteiger partial charge in [-0.1, -0.05) is 12.1 Å². The lowest BCUT2D eigenvalue weighted by Gasteiger charge is -2.18. The molecule has 0 fully saturated rings. The van der Waals surface area contributed by atoms with E-state index in [1.807, 2.05) is 22.6 Å². The first-order valence-electron chi connectivity index (χ1n) is 7.73. The first-order chi connectivity index (χ1) is 13.0. The van der Waals surface area contributed by atoms with Crippen molar-refractivity contribution < 1.29 is 19.1 Å². The third kappa shape index (κ3) is 2.62. The molecule has 4 rings (SSSR count). The Bertz CT molecular complexity index is 1100. The Morgan fingerprint density at radius 2 is 1.67 bits per heavy atom. The van der Waals surface area contributed by atoms with Crippen LogP contribution in [0.4, 0.5) is 5.82 Å². The van der Waals surface area contributed by atoms with Crippen molar-refractivity contribution in [3.63, 3.8) is 0 Å². The van der Waals surface area contributed by atoms with Crippen LogP contribution in [0.15, 0.2) is 30.3 Å². The van der Waals surface area contributed by atoms with Gasteiger partial charge in [-0.15, -0.1) is 0 Å². The monoisotopic (exact) mass is 495 g/mol. The van der Waals surface area contributed by atoms with Crippen LogP contribution >= 0.6 is 34.2 Å². The standard InChI is InChI=1S/C18H11ClIN3O4/c1-26-11-7-10-12(13(20)14(11)27-2)15(22-18(19)21-10)23-16(24)8-5-3-4-6-9(8)17(23)25/h3-7H,1-2H3. The molecule has 0 aliphatic carbocycles. The summed E-state index contributed by atoms with van der Waals surface area (Å²) in [5, 5.41) is 0.393. The normalized spacial score (nSPS) is 13.3. The molecule has 0 saturated heterocycles. The molecule has 1 aliphatic heterocycles. The maximum Gasteiger partial charge on any atom is 0.267 e. The van der Waals surface area contributed by atoms with E-state index in [0.29, 0.717) is 37.1 Å². The van der Waals surface area contributed by atoms with Gasteiger partial charge in [0, 0.05) is 6.07 Å². The highest BCUT2D eigenvalue weighted by Gasteiger charge is 2.39. The predicted octanol–water partition coefficient (Wildman–Crippen LogP) is 3.71. The Balaban J connectivity index is 2.03. The van der Waals surface area contributed by atoms with Gasteiger partial charge in [-0.05, 0) is 46.3 Å². The van der Waals surface area contributed by atoms with Crippen molar-refractivity contribution in [2.45, 2.75) is 0 Å². The maximum atomic E-state index is 12.9. The molecule has 1 aromatic heterocycles. The molecule has 1 aliphatic rings. The molecule has 0 bridgehead atoms. The lowest BCUT2D eigenvalue weighted by atomic mass is 10.1. The lowest BCUT2D eigenvalue weighted by molar-refractivity contribution is 0.0925. The molecule has 27 heavy (non-hydrogen) atoms. The highest BCUT2D eigenvalue weighted by molar-refractivity contribution is 14.1. The van der Waals surface area contributed by atoms with Gasteiger partial charge in [0.25, 0.3) is 11.8 Å². The van der Waals surface area contributed by atoms with Gasteiger partial charge in [-0.3, -0.25) is 9.59 Å². The van der Waals surface area contributed by atoms with Crippen LogP contribution in [0.5, 0.6) is 11.5 Å². The van der Waals surface area contributed by atoms with E-state index in [-0.39, 0.29) is 11.1 Å². The number of hydrogen-bond donors (Lipinski definition) is 0. The summed E-state index contributed by atoms with van der Waals surface area (Å²) in [5.41, 5.74) is 1.07. The molecule has 0 atom stereocenters. The second kappa shape index (κ2) is 6.61. The minimum Gasteiger partial charge on any atom is -0.493 e. The van der Waals surface area contributed by atoms with Gasteiger partial charge in [0.2, 0.25) is 5.28 Å². The second-order valence-corrected chi connectivity index (χ2v) is 7.04. The van der Waals surface area contributed by atoms with Gasteiger partial charge in [0.1, 0.15) is 0 Å². The molecule has 2 amide bonds. The number of methoxy groups -OCH3 is 2. The topological polar surface area (TPSA) is 81.6 Å². The summed E-state index contributed by atoms with van der Waals surface area (Å²) in [6.07, 6.45) is 0. The van der Waals surface area contributed by atoms with E-state index in [2.05, 4.69) is 9.97 Å². The number of amides is 2. The number of rotatable bonds is 3. The number of aromatic nitrogens is 2. The fourth-order valence-corrected chi connectivity index (χ4v) is 4.22. The molecule has 2 aromatic carbocycles. The third-order valence-corrected chi connectivity index (χ3v) is 5.43. The van der Waals surface area contributed by atoms with Crippen LogP contribution in [0.2, 0.25) is 5.28 Å². The van der Waals surface area contributed by atoms with Gasteiger partial charge in [-0.25, -0.2) is 9.88 Å². The summed E-state index contributed by atoms with van der Waals surface area (Å²) < 4.78 is 11.4. The summed E-state index contributed by atoms with van der Waals surface area (Å²) in [4.78, 5) is 35.2. The van der Waals surface area contributed by atoms with E-state index < -0.39 is 11.8 Å². The third-order valence-electron chi connectivity index (χ3n) is 4.23. The Hall–Kier alpha value is -2.46. The fourth-order valence-electron chi connectivity index (χ4n) is 3.05. The molecule has 0 N–H and O–H groups in total. The minimum atomic E-state index is -0.461. The Morgan fingerprint density at radius 1 is 1.04 bits per heavy atom. The number of carbonyl (C=O) groups is 2. The number of nitrogens with zero attached hydrogens (tertiary/aromatic N) is 3. The summed E-state index contributed by atoms with van der Waals surface area (Å²) in [5.74, 6) is 0.0999. The van der Waals surface area contributed by atoms with Crippen LogP contribution < -0.4 is 14.4 Å². The van der Waals surface area contributed by atoms with E-state index in [1.165, 1.54) is 14.2 Å². The van der Waals surface area contributed by atoms with Gasteiger partial charge in [0.05, 0.1) is 39.8 Å². The first-order valence-corrected chi connectivity index (χ1v) is 9.19. The molecule has 9 heteroatoms. The number of halogens is 2. The Labute approximate surface area is 172 Å². The molecular formula is C18H11ClIN3O4. The largest absolute Gasteiger partial charge is 0.493 e. The number of carbonyl (C=O) groups excluding carboxylic acids is 2. The SMILES string of the molecule is COc1cc2nc(Cl)nc(N3C(=O)c4ccccc4C3=O)c2c(I)c1OC. The number of fused-ring (bicyclic) bond motifs is 2. The van der Waals surface area contributed by atoms with Crippen molar-refractivity contribution in [1.82, 2.24) is 9.97 Å². The molecule has 0 saturated carbocycles. The highest BCUT2D eigenvalue weighted by atomic mass is 127. The molecule has 7 nitrogen and oxygen atoms in total. The quantitative estimate of drug-likeness (QED) is 0.313. The van der Waals surface area contributed by atoms with Crippen LogP contribution in [0, 0.1) is 3.57 Å². The van der Waals surface area contributed by atoms with Crippen molar-refractivity contribution in [2.24, 2.45) is 0 Å². The van der Waals surface area contributed by atoms with Gasteiger partial charge in [0.15, 0.2) is 17.3 Å². The van der Waals surface area contributed by atoms with Gasteiger partial charge >= 0.3 is 0 Å². The zero-order valence-corrected chi connectivity index (χ0v) is 17.0. The summed E-state index contributed by atoms with van der Waals surface area (Å²) in [6.45, 7) is 0. The zero-order chi connectivity index (χ0) is 19.3. The van der Waals surface area contributed by atoms with E-state index in [4.69, 9.17) is 21.1 Å². The molecule has 3 aromatic rings. The van der Waals surface area contributed by atoms with E-state index in [0.717, 1.165) is 4.90 Å². The van der Waals surface area contributed by atoms with Gasteiger partial charge in [-0.2, -0.15) is 4.98 Å². The molecule has 0 spiro atoms. The first kappa shape index (κ1) is 17.9. The van der Waals surface area contributed by atoms with Crippen LogP contribution in [0.1, 0.15) is 20.7 Å². The van der Waals surface area contributed by atoms with E-state index in [1.54, 1.807) is 30.3 Å². The number of ether oxygens (including phenoxy) is 2. The van der Waals surface area contributed by atoms with Gasteiger partial charge < -0.3 is 9.47 Å². The number of benzene rings is 2. The molecule has 0 unspecified atom stereocenters. The Morgan fingerprint density at radius 3 is 2.22 bits per heavy atom. The van der Waals surface area contributed by atoms with Crippen molar-refractivity contribution in [3.8, 4) is 11.5 Å². The van der Waals surface area contributed by atoms with E-state index >= 15 is 0 Å². The summed E-state index contributed by atoms with van der Waals surface area (Å²) in [7, 11) is 3.01. The van der Waals surface area contributed by atoms with Crippen molar-refractivity contribution in [1.29, 1.82) is 0 Å². The average molecular weight is 496 g/mol. The smallest absolute Gasteiger partial charge is 0.267 e. The van der Waals surface area contributed by atoms with Crippen LogP contribution in [-0.4, -0.2) is 36.0 Å². The number of anilines is 1. The summed E-state index contributed by atoms with van der Waals surface area (Å²) in [6, 6.07) is 8.25. The summed E-state index contributed by atoms with van der Waals surface area (Å²) >= 11 is 8.13. The number of imide groups is 1. The number of hydrogen-bond acceptors (Lipinski definition) is 6. The maximum absolute atomic E-state index is 12.9. The van der Waals surface area contributed by atoms with Crippen molar-refractivity contribution in [3.05, 3.63) is 50.3 Å². The molecule has 0 radical (unpaired) electrons. The van der Waals surface area contributed by atoms with E-state index in [9.17, 15) is 9.59 Å². The van der Waals surface area contributed by atoms with Crippen molar-refractivity contribution in [2.75, 3.05) is 19.1 Å². The average Bonchev–Trinajstić information content (AvgIpc) is 2.91. The Kier molecular flexibility index (Phi) is 4.39.